The maximum absolute atomic E-state index is 12.7. The Hall–Kier alpha value is -3.85. The van der Waals surface area contributed by atoms with Crippen molar-refractivity contribution in [3.8, 4) is 0 Å². The number of methoxy groups -OCH3 is 1. The van der Waals surface area contributed by atoms with Gasteiger partial charge < -0.3 is 14.6 Å². The first-order valence-electron chi connectivity index (χ1n) is 10.1. The van der Waals surface area contributed by atoms with E-state index in [9.17, 15) is 19.2 Å². The van der Waals surface area contributed by atoms with Crippen LogP contribution in [-0.4, -0.2) is 46.1 Å². The summed E-state index contributed by atoms with van der Waals surface area (Å²) in [5.74, 6) is -1.41. The summed E-state index contributed by atoms with van der Waals surface area (Å²) < 4.78 is 6.35. The van der Waals surface area contributed by atoms with Gasteiger partial charge in [0.05, 0.1) is 12.0 Å². The number of benzene rings is 2. The zero-order chi connectivity index (χ0) is 23.5. The molecule has 0 aliphatic carbocycles. The molecule has 0 saturated carbocycles. The van der Waals surface area contributed by atoms with Crippen LogP contribution < -0.4 is 5.32 Å². The molecule has 0 bridgehead atoms. The number of para-hydroxylation sites is 1. The van der Waals surface area contributed by atoms with Gasteiger partial charge in [-0.1, -0.05) is 30.3 Å². The van der Waals surface area contributed by atoms with E-state index in [4.69, 9.17) is 0 Å². The van der Waals surface area contributed by atoms with Crippen molar-refractivity contribution in [3.05, 3.63) is 70.8 Å². The average molecular weight is 464 g/mol. The highest BCUT2D eigenvalue weighted by Gasteiger charge is 2.36. The van der Waals surface area contributed by atoms with Gasteiger partial charge in [0.25, 0.3) is 11.1 Å². The van der Waals surface area contributed by atoms with Crippen molar-refractivity contribution in [1.82, 2.24) is 9.47 Å². The summed E-state index contributed by atoms with van der Waals surface area (Å²) in [7, 11) is 1.20. The van der Waals surface area contributed by atoms with E-state index in [1.807, 2.05) is 55.5 Å². The highest BCUT2D eigenvalue weighted by atomic mass is 32.2. The van der Waals surface area contributed by atoms with E-state index in [-0.39, 0.29) is 17.4 Å². The number of hydrogen-bond acceptors (Lipinski definition) is 6. The molecular weight excluding hydrogens is 442 g/mol. The molecule has 9 heteroatoms. The number of aryl methyl sites for hydroxylation is 1. The number of nitrogens with zero attached hydrogens (tertiary/aromatic N) is 2. The molecule has 1 N–H and O–H groups in total. The number of fused-ring (bicyclic) bond motifs is 1. The Morgan fingerprint density at radius 3 is 2.64 bits per heavy atom. The monoisotopic (exact) mass is 463 g/mol. The van der Waals surface area contributed by atoms with E-state index in [0.29, 0.717) is 5.56 Å². The van der Waals surface area contributed by atoms with Gasteiger partial charge in [-0.15, -0.1) is 0 Å². The number of ether oxygens (including phenoxy) is 1. The van der Waals surface area contributed by atoms with Crippen LogP contribution in [0.25, 0.3) is 17.0 Å². The molecule has 0 spiro atoms. The van der Waals surface area contributed by atoms with Crippen LogP contribution in [0.2, 0.25) is 0 Å². The van der Waals surface area contributed by atoms with Crippen molar-refractivity contribution in [2.75, 3.05) is 19.0 Å². The molecule has 1 aliphatic heterocycles. The fourth-order valence-electron chi connectivity index (χ4n) is 3.57. The fourth-order valence-corrected chi connectivity index (χ4v) is 4.40. The van der Waals surface area contributed by atoms with Gasteiger partial charge >= 0.3 is 5.97 Å². The van der Waals surface area contributed by atoms with E-state index in [2.05, 4.69) is 10.1 Å². The van der Waals surface area contributed by atoms with E-state index >= 15 is 0 Å². The minimum Gasteiger partial charge on any atom is -0.468 e. The minimum atomic E-state index is -0.672. The number of amides is 3. The van der Waals surface area contributed by atoms with Gasteiger partial charge in [0.2, 0.25) is 5.91 Å². The van der Waals surface area contributed by atoms with Crippen molar-refractivity contribution in [2.24, 2.45) is 0 Å². The number of anilines is 1. The lowest BCUT2D eigenvalue weighted by Crippen LogP contribution is -2.34. The van der Waals surface area contributed by atoms with Gasteiger partial charge in [0.1, 0.15) is 13.1 Å². The van der Waals surface area contributed by atoms with Gasteiger partial charge in [0, 0.05) is 28.4 Å². The zero-order valence-corrected chi connectivity index (χ0v) is 18.8. The number of hydrogen-bond donors (Lipinski definition) is 1. The SMILES string of the molecule is COC(=O)CN1C(=O)S/C(=C\c2cn(CC(=O)Nc3cccc(C)c3)c3ccccc23)C1=O. The predicted octanol–water partition coefficient (Wildman–Crippen LogP) is 3.80. The van der Waals surface area contributed by atoms with Crippen LogP contribution in [0.3, 0.4) is 0 Å². The molecule has 1 aliphatic rings. The number of imide groups is 1. The van der Waals surface area contributed by atoms with Crippen LogP contribution in [0.5, 0.6) is 0 Å². The van der Waals surface area contributed by atoms with Crippen molar-refractivity contribution < 1.29 is 23.9 Å². The van der Waals surface area contributed by atoms with Gasteiger partial charge in [-0.05, 0) is 48.5 Å². The second-order valence-corrected chi connectivity index (χ2v) is 8.48. The summed E-state index contributed by atoms with van der Waals surface area (Å²) >= 11 is 0.766. The number of rotatable bonds is 6. The number of esters is 1. The van der Waals surface area contributed by atoms with E-state index in [1.165, 1.54) is 7.11 Å². The van der Waals surface area contributed by atoms with Crippen molar-refractivity contribution >= 4 is 57.5 Å². The third-order valence-corrected chi connectivity index (χ3v) is 6.02. The van der Waals surface area contributed by atoms with E-state index in [1.54, 1.807) is 16.8 Å². The van der Waals surface area contributed by atoms with Crippen LogP contribution in [0.1, 0.15) is 11.1 Å². The molecule has 0 radical (unpaired) electrons. The highest BCUT2D eigenvalue weighted by molar-refractivity contribution is 8.18. The zero-order valence-electron chi connectivity index (χ0n) is 18.0. The van der Waals surface area contributed by atoms with Gasteiger partial charge in [-0.2, -0.15) is 0 Å². The largest absolute Gasteiger partial charge is 0.468 e. The minimum absolute atomic E-state index is 0.0755. The van der Waals surface area contributed by atoms with Crippen LogP contribution in [0, 0.1) is 6.92 Å². The molecule has 4 rings (SSSR count). The second kappa shape index (κ2) is 9.33. The number of carbonyl (C=O) groups excluding carboxylic acids is 4. The molecule has 3 amide bonds. The van der Waals surface area contributed by atoms with E-state index < -0.39 is 23.7 Å². The molecule has 1 aromatic heterocycles. The summed E-state index contributed by atoms with van der Waals surface area (Å²) in [4.78, 5) is 50.1. The molecule has 0 unspecified atom stereocenters. The highest BCUT2D eigenvalue weighted by Crippen LogP contribution is 2.34. The summed E-state index contributed by atoms with van der Waals surface area (Å²) in [5, 5.41) is 3.20. The Kier molecular flexibility index (Phi) is 6.32. The molecule has 3 aromatic rings. The Labute approximate surface area is 194 Å². The molecular formula is C24H21N3O5S. The fraction of sp³-hybridized carbons (Fsp3) is 0.167. The summed E-state index contributed by atoms with van der Waals surface area (Å²) in [6.45, 7) is 1.60. The lowest BCUT2D eigenvalue weighted by Gasteiger charge is -2.09. The molecule has 168 valence electrons. The summed E-state index contributed by atoms with van der Waals surface area (Å²) in [6, 6.07) is 15.0. The third-order valence-electron chi connectivity index (χ3n) is 5.11. The molecule has 2 heterocycles. The summed E-state index contributed by atoms with van der Waals surface area (Å²) in [6.07, 6.45) is 3.38. The third kappa shape index (κ3) is 4.83. The van der Waals surface area contributed by atoms with Crippen molar-refractivity contribution in [1.29, 1.82) is 0 Å². The molecule has 1 fully saturated rings. The second-order valence-electron chi connectivity index (χ2n) is 7.49. The van der Waals surface area contributed by atoms with Crippen LogP contribution in [0.15, 0.2) is 59.6 Å². The number of carbonyl (C=O) groups is 4. The van der Waals surface area contributed by atoms with Crippen molar-refractivity contribution in [3.63, 3.8) is 0 Å². The number of nitrogens with one attached hydrogen (secondary N) is 1. The topological polar surface area (TPSA) is 97.7 Å². The molecule has 33 heavy (non-hydrogen) atoms. The smallest absolute Gasteiger partial charge is 0.325 e. The quantitative estimate of drug-likeness (QED) is 0.441. The predicted molar refractivity (Wildman–Crippen MR) is 126 cm³/mol. The van der Waals surface area contributed by atoms with E-state index in [0.717, 1.165) is 38.8 Å². The van der Waals surface area contributed by atoms with Crippen LogP contribution >= 0.6 is 11.8 Å². The first kappa shape index (κ1) is 22.3. The molecule has 0 atom stereocenters. The molecule has 2 aromatic carbocycles. The normalized spacial score (nSPS) is 14.8. The first-order chi connectivity index (χ1) is 15.9. The molecule has 8 nitrogen and oxygen atoms in total. The van der Waals surface area contributed by atoms with Crippen molar-refractivity contribution in [2.45, 2.75) is 13.5 Å². The number of thioether (sulfide) groups is 1. The van der Waals surface area contributed by atoms with Gasteiger partial charge in [0.15, 0.2) is 0 Å². The standard InChI is InChI=1S/C24H21N3O5S/c1-15-6-5-7-17(10-15)25-21(28)13-26-12-16(18-8-3-4-9-19(18)26)11-20-23(30)27(24(31)33-20)14-22(29)32-2/h3-12H,13-14H2,1-2H3,(H,25,28)/b20-11-. The maximum Gasteiger partial charge on any atom is 0.325 e. The molecule has 1 saturated heterocycles. The Balaban J connectivity index is 1.60. The van der Waals surface area contributed by atoms with Crippen LogP contribution in [-0.2, 0) is 25.7 Å². The van der Waals surface area contributed by atoms with Gasteiger partial charge in [-0.3, -0.25) is 24.1 Å². The lowest BCUT2D eigenvalue weighted by atomic mass is 10.1. The Morgan fingerprint density at radius 2 is 1.88 bits per heavy atom. The summed E-state index contributed by atoms with van der Waals surface area (Å²) in [5.41, 5.74) is 3.27. The Morgan fingerprint density at radius 1 is 1.09 bits per heavy atom. The van der Waals surface area contributed by atoms with Crippen LogP contribution in [0.4, 0.5) is 10.5 Å². The number of aromatic nitrogens is 1. The maximum atomic E-state index is 12.7. The lowest BCUT2D eigenvalue weighted by molar-refractivity contribution is -0.143. The van der Waals surface area contributed by atoms with Gasteiger partial charge in [-0.25, -0.2) is 0 Å². The Bertz CT molecular complexity index is 1310. The first-order valence-corrected chi connectivity index (χ1v) is 10.9. The average Bonchev–Trinajstić information content (AvgIpc) is 3.25.